The monoisotopic (exact) mass is 291 g/mol. The molecule has 1 aromatic carbocycles. The molecule has 0 aliphatic heterocycles. The number of nitrogens with one attached hydrogen (secondary N) is 2. The summed E-state index contributed by atoms with van der Waals surface area (Å²) in [5, 5.41) is 6.40. The second-order valence-corrected chi connectivity index (χ2v) is 4.61. The summed E-state index contributed by atoms with van der Waals surface area (Å²) in [5.41, 5.74) is 3.26. The van der Waals surface area contributed by atoms with Crippen LogP contribution in [0.4, 0.5) is 11.4 Å². The number of anilines is 2. The first-order chi connectivity index (χ1) is 8.28. The van der Waals surface area contributed by atoms with Crippen molar-refractivity contribution in [3.05, 3.63) is 52.8 Å². The predicted octanol–water partition coefficient (Wildman–Crippen LogP) is 3.50. The predicted molar refractivity (Wildman–Crippen MR) is 75.3 cm³/mol. The molecule has 2 aromatic rings. The summed E-state index contributed by atoms with van der Waals surface area (Å²) in [6.45, 7) is 0.794. The van der Waals surface area contributed by atoms with Crippen molar-refractivity contribution in [1.29, 1.82) is 0 Å². The van der Waals surface area contributed by atoms with Gasteiger partial charge in [-0.3, -0.25) is 4.98 Å². The van der Waals surface area contributed by atoms with Gasteiger partial charge in [0.25, 0.3) is 0 Å². The Morgan fingerprint density at radius 2 is 1.82 bits per heavy atom. The van der Waals surface area contributed by atoms with Gasteiger partial charge in [-0.05, 0) is 23.8 Å². The van der Waals surface area contributed by atoms with E-state index in [1.54, 1.807) is 6.20 Å². The average molecular weight is 292 g/mol. The first-order valence-electron chi connectivity index (χ1n) is 5.39. The molecule has 3 nitrogen and oxygen atoms in total. The Labute approximate surface area is 109 Å². The van der Waals surface area contributed by atoms with Crippen molar-refractivity contribution in [3.8, 4) is 0 Å². The Hall–Kier alpha value is -1.55. The Morgan fingerprint density at radius 1 is 1.12 bits per heavy atom. The topological polar surface area (TPSA) is 37.0 Å². The minimum Gasteiger partial charge on any atom is -0.387 e. The van der Waals surface area contributed by atoms with Gasteiger partial charge in [-0.25, -0.2) is 0 Å². The molecule has 0 saturated carbocycles. The zero-order valence-electron chi connectivity index (χ0n) is 9.57. The van der Waals surface area contributed by atoms with Crippen molar-refractivity contribution in [2.45, 2.75) is 6.54 Å². The number of aromatic nitrogens is 1. The summed E-state index contributed by atoms with van der Waals surface area (Å²) in [5.74, 6) is 0. The molecule has 0 radical (unpaired) electrons. The maximum absolute atomic E-state index is 4.15. The van der Waals surface area contributed by atoms with E-state index in [9.17, 15) is 0 Å². The van der Waals surface area contributed by atoms with Gasteiger partial charge in [-0.1, -0.05) is 28.1 Å². The minimum atomic E-state index is 0.794. The lowest BCUT2D eigenvalue weighted by atomic mass is 10.2. The van der Waals surface area contributed by atoms with E-state index < -0.39 is 0 Å². The lowest BCUT2D eigenvalue weighted by Crippen LogP contribution is -2.00. The third-order valence-corrected chi connectivity index (χ3v) is 2.97. The molecule has 4 heteroatoms. The molecule has 1 aromatic heterocycles. The molecule has 88 valence electrons. The van der Waals surface area contributed by atoms with Crippen LogP contribution < -0.4 is 10.6 Å². The van der Waals surface area contributed by atoms with Crippen LogP contribution in [0.5, 0.6) is 0 Å². The molecule has 17 heavy (non-hydrogen) atoms. The van der Waals surface area contributed by atoms with Crippen molar-refractivity contribution >= 4 is 27.3 Å². The van der Waals surface area contributed by atoms with E-state index in [1.807, 2.05) is 31.4 Å². The summed E-state index contributed by atoms with van der Waals surface area (Å²) >= 11 is 3.42. The molecule has 0 amide bonds. The van der Waals surface area contributed by atoms with E-state index in [0.717, 1.165) is 22.4 Å². The van der Waals surface area contributed by atoms with E-state index in [4.69, 9.17) is 0 Å². The lowest BCUT2D eigenvalue weighted by Gasteiger charge is -2.07. The summed E-state index contributed by atoms with van der Waals surface area (Å²) in [7, 11) is 1.88. The standard InChI is InChI=1S/C13H14BrN3/c1-15-12-6-13(9-16-8-12)17-7-10-2-4-11(14)5-3-10/h2-6,8-9,15,17H,7H2,1H3. The van der Waals surface area contributed by atoms with Crippen LogP contribution in [0.15, 0.2) is 47.2 Å². The molecule has 0 atom stereocenters. The smallest absolute Gasteiger partial charge is 0.0550 e. The highest BCUT2D eigenvalue weighted by atomic mass is 79.9. The second-order valence-electron chi connectivity index (χ2n) is 3.69. The van der Waals surface area contributed by atoms with E-state index in [1.165, 1.54) is 5.56 Å². The highest BCUT2D eigenvalue weighted by Gasteiger charge is 1.96. The van der Waals surface area contributed by atoms with E-state index in [-0.39, 0.29) is 0 Å². The molecule has 2 N–H and O–H groups in total. The van der Waals surface area contributed by atoms with Gasteiger partial charge < -0.3 is 10.6 Å². The fourth-order valence-corrected chi connectivity index (χ4v) is 1.74. The SMILES string of the molecule is CNc1cncc(NCc2ccc(Br)cc2)c1. The van der Waals surface area contributed by atoms with Gasteiger partial charge in [0.15, 0.2) is 0 Å². The van der Waals surface area contributed by atoms with Crippen molar-refractivity contribution < 1.29 is 0 Å². The van der Waals surface area contributed by atoms with Gasteiger partial charge in [0, 0.05) is 18.1 Å². The number of hydrogen-bond donors (Lipinski definition) is 2. The van der Waals surface area contributed by atoms with Crippen LogP contribution in [-0.2, 0) is 6.54 Å². The summed E-state index contributed by atoms with van der Waals surface area (Å²) < 4.78 is 1.10. The Balaban J connectivity index is 1.99. The van der Waals surface area contributed by atoms with Crippen molar-refractivity contribution in [2.75, 3.05) is 17.7 Å². The average Bonchev–Trinajstić information content (AvgIpc) is 2.38. The molecule has 0 unspecified atom stereocenters. The normalized spacial score (nSPS) is 10.0. The van der Waals surface area contributed by atoms with Crippen molar-refractivity contribution in [3.63, 3.8) is 0 Å². The van der Waals surface area contributed by atoms with E-state index in [0.29, 0.717) is 0 Å². The molecule has 0 spiro atoms. The van der Waals surface area contributed by atoms with Crippen LogP contribution in [-0.4, -0.2) is 12.0 Å². The molecule has 0 aliphatic carbocycles. The Morgan fingerprint density at radius 3 is 2.53 bits per heavy atom. The molecular formula is C13H14BrN3. The Bertz CT molecular complexity index is 482. The van der Waals surface area contributed by atoms with Crippen molar-refractivity contribution in [2.24, 2.45) is 0 Å². The fraction of sp³-hybridized carbons (Fsp3) is 0.154. The molecule has 0 fully saturated rings. The highest BCUT2D eigenvalue weighted by Crippen LogP contribution is 2.15. The fourth-order valence-electron chi connectivity index (χ4n) is 1.48. The van der Waals surface area contributed by atoms with Crippen LogP contribution in [0.1, 0.15) is 5.56 Å². The molecule has 0 saturated heterocycles. The molecular weight excluding hydrogens is 278 g/mol. The first kappa shape index (κ1) is 11.9. The summed E-state index contributed by atoms with van der Waals surface area (Å²) in [4.78, 5) is 4.15. The van der Waals surface area contributed by atoms with Gasteiger partial charge in [-0.2, -0.15) is 0 Å². The maximum atomic E-state index is 4.15. The summed E-state index contributed by atoms with van der Waals surface area (Å²) in [6, 6.07) is 10.3. The number of halogens is 1. The zero-order valence-corrected chi connectivity index (χ0v) is 11.2. The van der Waals surface area contributed by atoms with Gasteiger partial charge in [0.1, 0.15) is 0 Å². The Kier molecular flexibility index (Phi) is 3.98. The number of pyridine rings is 1. The van der Waals surface area contributed by atoms with Gasteiger partial charge in [0.05, 0.1) is 23.8 Å². The minimum absolute atomic E-state index is 0.794. The maximum Gasteiger partial charge on any atom is 0.0550 e. The third kappa shape index (κ3) is 3.46. The quantitative estimate of drug-likeness (QED) is 0.905. The molecule has 0 aliphatic rings. The molecule has 2 rings (SSSR count). The first-order valence-corrected chi connectivity index (χ1v) is 6.18. The molecule has 1 heterocycles. The van der Waals surface area contributed by atoms with Crippen LogP contribution in [0, 0.1) is 0 Å². The number of rotatable bonds is 4. The highest BCUT2D eigenvalue weighted by molar-refractivity contribution is 9.10. The van der Waals surface area contributed by atoms with E-state index in [2.05, 4.69) is 43.7 Å². The number of hydrogen-bond acceptors (Lipinski definition) is 3. The van der Waals surface area contributed by atoms with Crippen LogP contribution >= 0.6 is 15.9 Å². The van der Waals surface area contributed by atoms with Crippen LogP contribution in [0.25, 0.3) is 0 Å². The second kappa shape index (κ2) is 5.68. The van der Waals surface area contributed by atoms with Gasteiger partial charge in [-0.15, -0.1) is 0 Å². The third-order valence-electron chi connectivity index (χ3n) is 2.44. The number of benzene rings is 1. The lowest BCUT2D eigenvalue weighted by molar-refractivity contribution is 1.14. The zero-order chi connectivity index (χ0) is 12.1. The summed E-state index contributed by atoms with van der Waals surface area (Å²) in [6.07, 6.45) is 3.62. The van der Waals surface area contributed by atoms with E-state index >= 15 is 0 Å². The van der Waals surface area contributed by atoms with Gasteiger partial charge in [0.2, 0.25) is 0 Å². The number of nitrogens with zero attached hydrogens (tertiary/aromatic N) is 1. The largest absolute Gasteiger partial charge is 0.387 e. The molecule has 0 bridgehead atoms. The van der Waals surface area contributed by atoms with Gasteiger partial charge >= 0.3 is 0 Å². The van der Waals surface area contributed by atoms with Crippen LogP contribution in [0.3, 0.4) is 0 Å². The van der Waals surface area contributed by atoms with Crippen LogP contribution in [0.2, 0.25) is 0 Å². The van der Waals surface area contributed by atoms with Crippen molar-refractivity contribution in [1.82, 2.24) is 4.98 Å².